The van der Waals surface area contributed by atoms with Crippen LogP contribution in [0.4, 0.5) is 0 Å². The van der Waals surface area contributed by atoms with Crippen LogP contribution < -0.4 is 5.32 Å². The molecule has 67 heavy (non-hydrogen) atoms. The number of unbranched alkanes of at least 4 members (excludes halogenated alkanes) is 43. The zero-order valence-corrected chi connectivity index (χ0v) is 45.4. The molecular weight excluding hydrogens is 819 g/mol. The van der Waals surface area contributed by atoms with Crippen LogP contribution in [0.1, 0.15) is 328 Å². The lowest BCUT2D eigenvalue weighted by Crippen LogP contribution is -2.45. The van der Waals surface area contributed by atoms with Gasteiger partial charge in [0.1, 0.15) is 0 Å². The average molecular weight is 939 g/mol. The van der Waals surface area contributed by atoms with Crippen LogP contribution in [0.25, 0.3) is 0 Å². The third kappa shape index (κ3) is 55.2. The molecule has 0 bridgehead atoms. The monoisotopic (exact) mass is 938 g/mol. The van der Waals surface area contributed by atoms with E-state index in [1.807, 2.05) is 6.08 Å². The van der Waals surface area contributed by atoms with Crippen LogP contribution in [-0.4, -0.2) is 34.9 Å². The van der Waals surface area contributed by atoms with Gasteiger partial charge in [0.2, 0.25) is 5.91 Å². The van der Waals surface area contributed by atoms with Gasteiger partial charge in [-0.1, -0.05) is 306 Å². The van der Waals surface area contributed by atoms with E-state index < -0.39 is 12.1 Å². The fourth-order valence-electron chi connectivity index (χ4n) is 9.41. The molecule has 0 radical (unpaired) electrons. The molecule has 394 valence electrons. The first kappa shape index (κ1) is 65.3. The number of rotatable bonds is 56. The van der Waals surface area contributed by atoms with Gasteiger partial charge >= 0.3 is 0 Å². The highest BCUT2D eigenvalue weighted by atomic mass is 16.3. The number of aliphatic hydroxyl groups excluding tert-OH is 2. The zero-order valence-electron chi connectivity index (χ0n) is 45.4. The minimum absolute atomic E-state index is 0.0683. The fourth-order valence-corrected chi connectivity index (χ4v) is 9.41. The Labute approximate surface area is 420 Å². The molecule has 0 aromatic rings. The topological polar surface area (TPSA) is 69.6 Å². The van der Waals surface area contributed by atoms with Crippen molar-refractivity contribution in [2.75, 3.05) is 6.61 Å². The first-order valence-corrected chi connectivity index (χ1v) is 30.4. The Morgan fingerprint density at radius 3 is 0.955 bits per heavy atom. The third-order valence-corrected chi connectivity index (χ3v) is 14.0. The lowest BCUT2D eigenvalue weighted by atomic mass is 10.0. The normalized spacial score (nSPS) is 13.1. The highest BCUT2D eigenvalue weighted by Crippen LogP contribution is 2.17. The van der Waals surface area contributed by atoms with Gasteiger partial charge in [-0.2, -0.15) is 0 Å². The molecule has 0 aromatic carbocycles. The molecule has 0 rings (SSSR count). The SMILES string of the molecule is CCCCCCC/C=C\C/C=C\CCCCCCCCCCCCCCCCCCCCCCCCCCCC(=O)NC(CO)C(O)/C=C/CC/C=C/CCCCCCCCCCCCCC. The molecular formula is C63H119NO3. The van der Waals surface area contributed by atoms with Gasteiger partial charge in [0.15, 0.2) is 0 Å². The molecule has 0 aliphatic rings. The minimum Gasteiger partial charge on any atom is -0.394 e. The number of hydrogen-bond acceptors (Lipinski definition) is 3. The molecule has 0 saturated heterocycles. The Morgan fingerprint density at radius 2 is 0.627 bits per heavy atom. The van der Waals surface area contributed by atoms with Crippen LogP contribution in [0.2, 0.25) is 0 Å². The van der Waals surface area contributed by atoms with Crippen molar-refractivity contribution < 1.29 is 15.0 Å². The standard InChI is InChI=1S/C63H119NO3/c1-3-5-7-9-11-13-15-17-19-21-23-24-25-26-27-28-29-30-31-32-33-34-35-36-37-38-39-40-41-43-45-47-49-51-53-55-57-59-63(67)64-61(60-65)62(66)58-56-54-52-50-48-46-44-42-22-20-18-16-14-12-10-8-6-4-2/h15,17,21,23,48,50,56,58,61-62,65-66H,3-14,16,18-20,22,24-47,49,51-55,57,59-60H2,1-2H3,(H,64,67)/b17-15-,23-21-,50-48+,58-56+. The minimum atomic E-state index is -0.861. The summed E-state index contributed by atoms with van der Waals surface area (Å²) < 4.78 is 0. The van der Waals surface area contributed by atoms with E-state index in [0.717, 1.165) is 38.5 Å². The summed E-state index contributed by atoms with van der Waals surface area (Å²) in [5, 5.41) is 23.1. The number of allylic oxidation sites excluding steroid dienone is 7. The lowest BCUT2D eigenvalue weighted by molar-refractivity contribution is -0.123. The quantitative estimate of drug-likeness (QED) is 0.0420. The van der Waals surface area contributed by atoms with Crippen molar-refractivity contribution >= 4 is 5.91 Å². The largest absolute Gasteiger partial charge is 0.394 e. The number of carbonyl (C=O) groups excluding carboxylic acids is 1. The molecule has 4 heteroatoms. The molecule has 0 heterocycles. The van der Waals surface area contributed by atoms with Gasteiger partial charge in [-0.15, -0.1) is 0 Å². The van der Waals surface area contributed by atoms with Gasteiger partial charge in [0.05, 0.1) is 18.8 Å². The van der Waals surface area contributed by atoms with E-state index in [1.54, 1.807) is 6.08 Å². The summed E-state index contributed by atoms with van der Waals surface area (Å²) in [5.74, 6) is -0.0683. The Balaban J connectivity index is 3.43. The van der Waals surface area contributed by atoms with Crippen LogP contribution in [0.3, 0.4) is 0 Å². The summed E-state index contributed by atoms with van der Waals surface area (Å²) in [4.78, 5) is 12.5. The first-order valence-electron chi connectivity index (χ1n) is 30.4. The predicted octanol–water partition coefficient (Wildman–Crippen LogP) is 20.2. The van der Waals surface area contributed by atoms with E-state index in [-0.39, 0.29) is 12.5 Å². The molecule has 4 nitrogen and oxygen atoms in total. The van der Waals surface area contributed by atoms with E-state index in [2.05, 4.69) is 55.6 Å². The molecule has 3 N–H and O–H groups in total. The van der Waals surface area contributed by atoms with Gasteiger partial charge in [0.25, 0.3) is 0 Å². The second-order valence-corrected chi connectivity index (χ2v) is 20.8. The van der Waals surface area contributed by atoms with Gasteiger partial charge < -0.3 is 15.5 Å². The molecule has 0 fully saturated rings. The number of aliphatic hydroxyl groups is 2. The van der Waals surface area contributed by atoms with Crippen LogP contribution >= 0.6 is 0 Å². The van der Waals surface area contributed by atoms with Crippen LogP contribution in [0, 0.1) is 0 Å². The van der Waals surface area contributed by atoms with Gasteiger partial charge in [-0.05, 0) is 64.2 Å². The highest BCUT2D eigenvalue weighted by molar-refractivity contribution is 5.76. The lowest BCUT2D eigenvalue weighted by Gasteiger charge is -2.19. The Morgan fingerprint density at radius 1 is 0.358 bits per heavy atom. The maximum atomic E-state index is 12.5. The van der Waals surface area contributed by atoms with E-state index in [0.29, 0.717) is 6.42 Å². The summed E-state index contributed by atoms with van der Waals surface area (Å²) in [6.07, 6.45) is 81.6. The first-order chi connectivity index (χ1) is 33.2. The van der Waals surface area contributed by atoms with Gasteiger partial charge in [-0.3, -0.25) is 4.79 Å². The molecule has 0 aliphatic heterocycles. The molecule has 0 aromatic heterocycles. The molecule has 0 saturated carbocycles. The second kappa shape index (κ2) is 58.7. The fraction of sp³-hybridized carbons (Fsp3) is 0.857. The molecule has 1 amide bonds. The summed E-state index contributed by atoms with van der Waals surface area (Å²) in [6.45, 7) is 4.31. The highest BCUT2D eigenvalue weighted by Gasteiger charge is 2.18. The van der Waals surface area contributed by atoms with Crippen LogP contribution in [0.5, 0.6) is 0 Å². The third-order valence-electron chi connectivity index (χ3n) is 14.0. The summed E-state index contributed by atoms with van der Waals surface area (Å²) in [5.41, 5.74) is 0. The number of carbonyl (C=O) groups is 1. The Bertz CT molecular complexity index is 1060. The second-order valence-electron chi connectivity index (χ2n) is 20.8. The van der Waals surface area contributed by atoms with Crippen LogP contribution in [0.15, 0.2) is 48.6 Å². The smallest absolute Gasteiger partial charge is 0.220 e. The maximum absolute atomic E-state index is 12.5. The number of hydrogen-bond donors (Lipinski definition) is 3. The summed E-state index contributed by atoms with van der Waals surface area (Å²) in [6, 6.07) is -0.638. The average Bonchev–Trinajstić information content (AvgIpc) is 3.33. The van der Waals surface area contributed by atoms with E-state index in [9.17, 15) is 15.0 Å². The molecule has 0 spiro atoms. The summed E-state index contributed by atoms with van der Waals surface area (Å²) in [7, 11) is 0. The van der Waals surface area contributed by atoms with Crippen molar-refractivity contribution in [3.63, 3.8) is 0 Å². The Kier molecular flexibility index (Phi) is 57.2. The maximum Gasteiger partial charge on any atom is 0.220 e. The molecule has 2 unspecified atom stereocenters. The molecule has 0 aliphatic carbocycles. The van der Waals surface area contributed by atoms with Crippen molar-refractivity contribution in [3.8, 4) is 0 Å². The zero-order chi connectivity index (χ0) is 48.5. The number of nitrogens with one attached hydrogen (secondary N) is 1. The van der Waals surface area contributed by atoms with Crippen molar-refractivity contribution in [2.24, 2.45) is 0 Å². The predicted molar refractivity (Wildman–Crippen MR) is 299 cm³/mol. The summed E-state index contributed by atoms with van der Waals surface area (Å²) >= 11 is 0. The molecule has 2 atom stereocenters. The van der Waals surface area contributed by atoms with Crippen molar-refractivity contribution in [3.05, 3.63) is 48.6 Å². The Hall–Kier alpha value is -1.65. The van der Waals surface area contributed by atoms with Gasteiger partial charge in [-0.25, -0.2) is 0 Å². The van der Waals surface area contributed by atoms with E-state index in [1.165, 1.54) is 270 Å². The van der Waals surface area contributed by atoms with E-state index >= 15 is 0 Å². The van der Waals surface area contributed by atoms with Crippen molar-refractivity contribution in [1.82, 2.24) is 5.32 Å². The van der Waals surface area contributed by atoms with Crippen molar-refractivity contribution in [2.45, 2.75) is 341 Å². The van der Waals surface area contributed by atoms with Gasteiger partial charge in [0, 0.05) is 6.42 Å². The number of amides is 1. The van der Waals surface area contributed by atoms with E-state index in [4.69, 9.17) is 0 Å². The van der Waals surface area contributed by atoms with Crippen LogP contribution in [-0.2, 0) is 4.79 Å². The van der Waals surface area contributed by atoms with Crippen molar-refractivity contribution in [1.29, 1.82) is 0 Å².